The zero-order chi connectivity index (χ0) is 8.43. The van der Waals surface area contributed by atoms with Crippen molar-refractivity contribution in [3.63, 3.8) is 0 Å². The molecule has 0 aromatic heterocycles. The SMILES string of the molecule is CC1NC(=S)N(CCO)C1=O. The fourth-order valence-corrected chi connectivity index (χ4v) is 1.33. The Kier molecular flexibility index (Phi) is 2.41. The minimum absolute atomic E-state index is 0.0553. The first-order valence-electron chi connectivity index (χ1n) is 3.39. The molecule has 5 heteroatoms. The van der Waals surface area contributed by atoms with Crippen molar-refractivity contribution in [1.29, 1.82) is 0 Å². The number of hydrogen-bond acceptors (Lipinski definition) is 3. The molecule has 0 spiro atoms. The fraction of sp³-hybridized carbons (Fsp3) is 0.667. The van der Waals surface area contributed by atoms with Crippen molar-refractivity contribution in [1.82, 2.24) is 10.2 Å². The van der Waals surface area contributed by atoms with E-state index in [0.29, 0.717) is 5.11 Å². The van der Waals surface area contributed by atoms with E-state index < -0.39 is 0 Å². The molecule has 0 aromatic carbocycles. The maximum atomic E-state index is 11.2. The number of carbonyl (C=O) groups is 1. The molecule has 1 aliphatic rings. The second-order valence-electron chi connectivity index (χ2n) is 2.38. The first-order valence-corrected chi connectivity index (χ1v) is 3.80. The van der Waals surface area contributed by atoms with Crippen LogP contribution in [0.1, 0.15) is 6.92 Å². The van der Waals surface area contributed by atoms with E-state index in [1.807, 2.05) is 0 Å². The van der Waals surface area contributed by atoms with Crippen LogP contribution < -0.4 is 5.32 Å². The van der Waals surface area contributed by atoms with E-state index in [-0.39, 0.29) is 25.1 Å². The number of amides is 1. The average Bonchev–Trinajstić information content (AvgIpc) is 2.17. The van der Waals surface area contributed by atoms with Gasteiger partial charge in [-0.1, -0.05) is 0 Å². The Labute approximate surface area is 70.2 Å². The number of aliphatic hydroxyl groups is 1. The molecular weight excluding hydrogens is 164 g/mol. The number of rotatable bonds is 2. The summed E-state index contributed by atoms with van der Waals surface area (Å²) in [6, 6.07) is -0.242. The third-order valence-electron chi connectivity index (χ3n) is 1.55. The molecule has 1 unspecified atom stereocenters. The second kappa shape index (κ2) is 3.15. The van der Waals surface area contributed by atoms with Crippen LogP contribution in [0, 0.1) is 0 Å². The molecule has 4 nitrogen and oxygen atoms in total. The number of hydrogen-bond donors (Lipinski definition) is 2. The maximum Gasteiger partial charge on any atom is 0.251 e. The molecule has 0 saturated carbocycles. The highest BCUT2D eigenvalue weighted by Gasteiger charge is 2.31. The van der Waals surface area contributed by atoms with Gasteiger partial charge < -0.3 is 10.4 Å². The normalized spacial score (nSPS) is 24.2. The monoisotopic (exact) mass is 174 g/mol. The Bertz CT molecular complexity index is 195. The smallest absolute Gasteiger partial charge is 0.251 e. The van der Waals surface area contributed by atoms with Gasteiger partial charge in [0.1, 0.15) is 6.04 Å². The highest BCUT2D eigenvalue weighted by atomic mass is 32.1. The molecule has 0 aromatic rings. The van der Waals surface area contributed by atoms with Crippen molar-refractivity contribution in [2.24, 2.45) is 0 Å². The summed E-state index contributed by atoms with van der Waals surface area (Å²) in [5.41, 5.74) is 0. The van der Waals surface area contributed by atoms with Gasteiger partial charge in [0.2, 0.25) is 0 Å². The predicted molar refractivity (Wildman–Crippen MR) is 44.0 cm³/mol. The van der Waals surface area contributed by atoms with Crippen LogP contribution in [0.25, 0.3) is 0 Å². The summed E-state index contributed by atoms with van der Waals surface area (Å²) >= 11 is 4.84. The number of aliphatic hydroxyl groups excluding tert-OH is 1. The minimum Gasteiger partial charge on any atom is -0.395 e. The molecule has 0 aliphatic carbocycles. The average molecular weight is 174 g/mol. The number of thiocarbonyl (C=S) groups is 1. The zero-order valence-electron chi connectivity index (χ0n) is 6.20. The lowest BCUT2D eigenvalue weighted by molar-refractivity contribution is -0.127. The predicted octanol–water partition coefficient (Wildman–Crippen LogP) is -0.916. The van der Waals surface area contributed by atoms with Crippen molar-refractivity contribution in [2.45, 2.75) is 13.0 Å². The molecule has 1 saturated heterocycles. The Morgan fingerprint density at radius 3 is 2.82 bits per heavy atom. The summed E-state index contributed by atoms with van der Waals surface area (Å²) in [5, 5.41) is 11.8. The van der Waals surface area contributed by atoms with E-state index >= 15 is 0 Å². The van der Waals surface area contributed by atoms with Crippen LogP contribution in [-0.2, 0) is 4.79 Å². The first-order chi connectivity index (χ1) is 5.16. The van der Waals surface area contributed by atoms with Gasteiger partial charge in [0.15, 0.2) is 5.11 Å². The van der Waals surface area contributed by atoms with E-state index in [9.17, 15) is 4.79 Å². The molecule has 62 valence electrons. The number of carbonyl (C=O) groups excluding carboxylic acids is 1. The summed E-state index contributed by atoms with van der Waals surface area (Å²) in [4.78, 5) is 12.5. The second-order valence-corrected chi connectivity index (χ2v) is 2.77. The van der Waals surface area contributed by atoms with Gasteiger partial charge in [0, 0.05) is 0 Å². The molecular formula is C6H10N2O2S. The molecule has 1 aliphatic heterocycles. The molecule has 11 heavy (non-hydrogen) atoms. The Hall–Kier alpha value is -0.680. The van der Waals surface area contributed by atoms with Crippen LogP contribution in [0.15, 0.2) is 0 Å². The molecule has 0 bridgehead atoms. The van der Waals surface area contributed by atoms with Gasteiger partial charge in [-0.25, -0.2) is 0 Å². The van der Waals surface area contributed by atoms with Crippen molar-refractivity contribution in [3.05, 3.63) is 0 Å². The van der Waals surface area contributed by atoms with Crippen LogP contribution in [0.2, 0.25) is 0 Å². The van der Waals surface area contributed by atoms with E-state index in [1.54, 1.807) is 6.92 Å². The molecule has 1 atom stereocenters. The molecule has 1 fully saturated rings. The molecule has 0 radical (unpaired) electrons. The van der Waals surface area contributed by atoms with Gasteiger partial charge in [-0.3, -0.25) is 9.69 Å². The number of β-amino-alcohol motifs (C(OH)–C–C–N with tert-alkyl or cyclic N) is 1. The maximum absolute atomic E-state index is 11.2. The number of nitrogens with one attached hydrogen (secondary N) is 1. The summed E-state index contributed by atoms with van der Waals surface area (Å²) in [6.45, 7) is 1.97. The third kappa shape index (κ3) is 1.49. The Morgan fingerprint density at radius 2 is 2.45 bits per heavy atom. The van der Waals surface area contributed by atoms with E-state index in [1.165, 1.54) is 4.90 Å². The van der Waals surface area contributed by atoms with Gasteiger partial charge in [0.05, 0.1) is 13.2 Å². The summed E-state index contributed by atoms with van der Waals surface area (Å²) < 4.78 is 0. The third-order valence-corrected chi connectivity index (χ3v) is 1.88. The standard InChI is InChI=1S/C6H10N2O2S/c1-4-5(10)8(2-3-9)6(11)7-4/h4,9H,2-3H2,1H3,(H,7,11). The molecule has 2 N–H and O–H groups in total. The summed E-state index contributed by atoms with van der Waals surface area (Å²) in [7, 11) is 0. The van der Waals surface area contributed by atoms with Crippen molar-refractivity contribution in [3.8, 4) is 0 Å². The van der Waals surface area contributed by atoms with Gasteiger partial charge in [-0.15, -0.1) is 0 Å². The first kappa shape index (κ1) is 8.42. The highest BCUT2D eigenvalue weighted by Crippen LogP contribution is 2.04. The van der Waals surface area contributed by atoms with Crippen LogP contribution >= 0.6 is 12.2 Å². The largest absolute Gasteiger partial charge is 0.395 e. The Morgan fingerprint density at radius 1 is 1.82 bits per heavy atom. The summed E-state index contributed by atoms with van der Waals surface area (Å²) in [6.07, 6.45) is 0. The minimum atomic E-state index is -0.242. The van der Waals surface area contributed by atoms with Crippen LogP contribution in [0.4, 0.5) is 0 Å². The number of nitrogens with zero attached hydrogens (tertiary/aromatic N) is 1. The topological polar surface area (TPSA) is 52.6 Å². The molecule has 1 rings (SSSR count). The lowest BCUT2D eigenvalue weighted by atomic mass is 10.3. The molecule has 1 heterocycles. The zero-order valence-corrected chi connectivity index (χ0v) is 7.02. The van der Waals surface area contributed by atoms with Crippen molar-refractivity contribution < 1.29 is 9.90 Å². The van der Waals surface area contributed by atoms with Crippen LogP contribution in [0.3, 0.4) is 0 Å². The van der Waals surface area contributed by atoms with Gasteiger partial charge in [-0.2, -0.15) is 0 Å². The summed E-state index contributed by atoms with van der Waals surface area (Å²) in [5.74, 6) is -0.0657. The van der Waals surface area contributed by atoms with E-state index in [0.717, 1.165) is 0 Å². The van der Waals surface area contributed by atoms with Crippen molar-refractivity contribution in [2.75, 3.05) is 13.2 Å². The van der Waals surface area contributed by atoms with Gasteiger partial charge >= 0.3 is 0 Å². The van der Waals surface area contributed by atoms with Crippen LogP contribution in [0.5, 0.6) is 0 Å². The lowest BCUT2D eigenvalue weighted by Gasteiger charge is -2.11. The van der Waals surface area contributed by atoms with Crippen LogP contribution in [-0.4, -0.2) is 40.2 Å². The van der Waals surface area contributed by atoms with E-state index in [4.69, 9.17) is 17.3 Å². The van der Waals surface area contributed by atoms with Crippen molar-refractivity contribution >= 4 is 23.2 Å². The van der Waals surface area contributed by atoms with Gasteiger partial charge in [0.25, 0.3) is 5.91 Å². The molecule has 1 amide bonds. The fourth-order valence-electron chi connectivity index (χ4n) is 0.970. The Balaban J connectivity index is 2.64. The highest BCUT2D eigenvalue weighted by molar-refractivity contribution is 7.80. The van der Waals surface area contributed by atoms with E-state index in [2.05, 4.69) is 5.32 Å². The quantitative estimate of drug-likeness (QED) is 0.532. The van der Waals surface area contributed by atoms with Gasteiger partial charge in [-0.05, 0) is 19.1 Å². The lowest BCUT2D eigenvalue weighted by Crippen LogP contribution is -2.33.